The Morgan fingerprint density at radius 1 is 0.967 bits per heavy atom. The molecule has 3 aromatic rings. The number of imidazole rings is 1. The highest BCUT2D eigenvalue weighted by molar-refractivity contribution is 5.89. The van der Waals surface area contributed by atoms with E-state index in [2.05, 4.69) is 27.8 Å². The topological polar surface area (TPSA) is 79.3 Å². The van der Waals surface area contributed by atoms with Crippen molar-refractivity contribution in [3.05, 3.63) is 83.9 Å². The smallest absolute Gasteiger partial charge is 0.319 e. The number of amides is 3. The Morgan fingerprint density at radius 3 is 2.33 bits per heavy atom. The number of rotatable bonds is 7. The van der Waals surface area contributed by atoms with Crippen molar-refractivity contribution in [1.29, 1.82) is 0 Å². The molecule has 1 aliphatic heterocycles. The Bertz CT molecular complexity index is 981. The van der Waals surface area contributed by atoms with Gasteiger partial charge >= 0.3 is 6.03 Å². The van der Waals surface area contributed by atoms with E-state index in [-0.39, 0.29) is 11.9 Å². The van der Waals surface area contributed by atoms with E-state index in [4.69, 9.17) is 0 Å². The zero-order chi connectivity index (χ0) is 20.8. The highest BCUT2D eigenvalue weighted by Crippen LogP contribution is 2.16. The Kier molecular flexibility index (Phi) is 6.08. The summed E-state index contributed by atoms with van der Waals surface area (Å²) in [4.78, 5) is 29.8. The standard InChI is InChI=1S/C23H25N5O2/c29-22-2-1-12-28(22)16-20-7-9-21(10-8-20)26-23(30)25-14-18-3-5-19(6-4-18)15-27-13-11-24-17-27/h3-11,13,17H,1-2,12,14-16H2,(H2,25,26,30). The van der Waals surface area contributed by atoms with Gasteiger partial charge in [-0.05, 0) is 35.2 Å². The monoisotopic (exact) mass is 403 g/mol. The molecule has 0 spiro atoms. The molecule has 2 aromatic carbocycles. The number of carbonyl (C=O) groups excluding carboxylic acids is 2. The lowest BCUT2D eigenvalue weighted by Crippen LogP contribution is -2.28. The molecule has 1 aliphatic rings. The van der Waals surface area contributed by atoms with Gasteiger partial charge in [-0.15, -0.1) is 0 Å². The number of likely N-dealkylation sites (tertiary alicyclic amines) is 1. The maximum absolute atomic E-state index is 12.2. The minimum absolute atomic E-state index is 0.214. The normalized spacial score (nSPS) is 13.5. The maximum Gasteiger partial charge on any atom is 0.319 e. The molecular weight excluding hydrogens is 378 g/mol. The first-order chi connectivity index (χ1) is 14.7. The molecule has 1 aromatic heterocycles. The van der Waals surface area contributed by atoms with Crippen molar-refractivity contribution in [2.75, 3.05) is 11.9 Å². The van der Waals surface area contributed by atoms with E-state index in [1.54, 1.807) is 12.5 Å². The maximum atomic E-state index is 12.2. The summed E-state index contributed by atoms with van der Waals surface area (Å²) >= 11 is 0. The number of carbonyl (C=O) groups is 2. The summed E-state index contributed by atoms with van der Waals surface area (Å²) in [6.07, 6.45) is 7.06. The second-order valence-corrected chi connectivity index (χ2v) is 7.47. The van der Waals surface area contributed by atoms with Crippen LogP contribution in [0.5, 0.6) is 0 Å². The highest BCUT2D eigenvalue weighted by Gasteiger charge is 2.19. The van der Waals surface area contributed by atoms with E-state index in [9.17, 15) is 9.59 Å². The molecule has 0 aliphatic carbocycles. The Labute approximate surface area is 175 Å². The van der Waals surface area contributed by atoms with Crippen molar-refractivity contribution in [3.8, 4) is 0 Å². The summed E-state index contributed by atoms with van der Waals surface area (Å²) in [7, 11) is 0. The van der Waals surface area contributed by atoms with Crippen molar-refractivity contribution in [2.24, 2.45) is 0 Å². The molecule has 154 valence electrons. The molecule has 3 amide bonds. The minimum Gasteiger partial charge on any atom is -0.338 e. The number of hydrogen-bond donors (Lipinski definition) is 2. The third kappa shape index (κ3) is 5.26. The SMILES string of the molecule is O=C(NCc1ccc(Cn2ccnc2)cc1)Nc1ccc(CN2CCCC2=O)cc1. The van der Waals surface area contributed by atoms with Crippen LogP contribution < -0.4 is 10.6 Å². The molecule has 2 heterocycles. The first-order valence-electron chi connectivity index (χ1n) is 10.1. The fourth-order valence-corrected chi connectivity index (χ4v) is 3.50. The van der Waals surface area contributed by atoms with Gasteiger partial charge in [0.05, 0.1) is 6.33 Å². The molecule has 4 rings (SSSR count). The van der Waals surface area contributed by atoms with E-state index in [1.807, 2.05) is 52.1 Å². The van der Waals surface area contributed by atoms with E-state index >= 15 is 0 Å². The van der Waals surface area contributed by atoms with Crippen molar-refractivity contribution in [1.82, 2.24) is 19.8 Å². The molecule has 30 heavy (non-hydrogen) atoms. The molecule has 1 fully saturated rings. The lowest BCUT2D eigenvalue weighted by atomic mass is 10.1. The van der Waals surface area contributed by atoms with Gasteiger partial charge in [-0.25, -0.2) is 9.78 Å². The number of anilines is 1. The van der Waals surface area contributed by atoms with Gasteiger partial charge in [0, 0.05) is 50.7 Å². The van der Waals surface area contributed by atoms with Crippen LogP contribution in [0.4, 0.5) is 10.5 Å². The number of benzene rings is 2. The van der Waals surface area contributed by atoms with Crippen LogP contribution in [-0.4, -0.2) is 32.9 Å². The van der Waals surface area contributed by atoms with Crippen LogP contribution >= 0.6 is 0 Å². The Morgan fingerprint density at radius 2 is 1.67 bits per heavy atom. The number of aromatic nitrogens is 2. The van der Waals surface area contributed by atoms with Gasteiger partial charge in [0.1, 0.15) is 0 Å². The third-order valence-electron chi connectivity index (χ3n) is 5.16. The van der Waals surface area contributed by atoms with Gasteiger partial charge in [-0.1, -0.05) is 36.4 Å². The van der Waals surface area contributed by atoms with E-state index in [0.717, 1.165) is 36.3 Å². The molecule has 0 saturated carbocycles. The first-order valence-corrected chi connectivity index (χ1v) is 10.1. The van der Waals surface area contributed by atoms with E-state index in [0.29, 0.717) is 19.5 Å². The first kappa shape index (κ1) is 19.7. The van der Waals surface area contributed by atoms with Crippen molar-refractivity contribution in [2.45, 2.75) is 32.5 Å². The van der Waals surface area contributed by atoms with Crippen LogP contribution in [0.3, 0.4) is 0 Å². The average Bonchev–Trinajstić information content (AvgIpc) is 3.41. The molecule has 0 radical (unpaired) electrons. The van der Waals surface area contributed by atoms with Crippen LogP contribution in [0.15, 0.2) is 67.3 Å². The van der Waals surface area contributed by atoms with E-state index < -0.39 is 0 Å². The van der Waals surface area contributed by atoms with Crippen LogP contribution in [0, 0.1) is 0 Å². The van der Waals surface area contributed by atoms with Gasteiger partial charge in [0.15, 0.2) is 0 Å². The predicted molar refractivity (Wildman–Crippen MR) is 115 cm³/mol. The van der Waals surface area contributed by atoms with E-state index in [1.165, 1.54) is 5.56 Å². The second-order valence-electron chi connectivity index (χ2n) is 7.47. The second kappa shape index (κ2) is 9.26. The summed E-state index contributed by atoms with van der Waals surface area (Å²) in [6, 6.07) is 15.5. The largest absolute Gasteiger partial charge is 0.338 e. The third-order valence-corrected chi connectivity index (χ3v) is 5.16. The quantitative estimate of drug-likeness (QED) is 0.635. The molecule has 2 N–H and O–H groups in total. The number of nitrogens with zero attached hydrogens (tertiary/aromatic N) is 3. The van der Waals surface area contributed by atoms with Crippen LogP contribution in [0.25, 0.3) is 0 Å². The lowest BCUT2D eigenvalue weighted by Gasteiger charge is -2.15. The van der Waals surface area contributed by atoms with Crippen molar-refractivity contribution < 1.29 is 9.59 Å². The number of nitrogens with one attached hydrogen (secondary N) is 2. The molecular formula is C23H25N5O2. The summed E-state index contributed by atoms with van der Waals surface area (Å²) < 4.78 is 2.01. The minimum atomic E-state index is -0.250. The average molecular weight is 403 g/mol. The number of urea groups is 1. The summed E-state index contributed by atoms with van der Waals surface area (Å²) in [6.45, 7) is 2.68. The van der Waals surface area contributed by atoms with Gasteiger partial charge in [0.2, 0.25) is 5.91 Å². The van der Waals surface area contributed by atoms with Crippen molar-refractivity contribution in [3.63, 3.8) is 0 Å². The zero-order valence-electron chi connectivity index (χ0n) is 16.8. The summed E-state index contributed by atoms with van der Waals surface area (Å²) in [5.41, 5.74) is 3.99. The van der Waals surface area contributed by atoms with Crippen LogP contribution in [-0.2, 0) is 24.4 Å². The summed E-state index contributed by atoms with van der Waals surface area (Å²) in [5.74, 6) is 0.214. The zero-order valence-corrected chi connectivity index (χ0v) is 16.8. The van der Waals surface area contributed by atoms with Gasteiger partial charge < -0.3 is 20.1 Å². The molecule has 1 saturated heterocycles. The molecule has 0 bridgehead atoms. The summed E-state index contributed by atoms with van der Waals surface area (Å²) in [5, 5.41) is 5.72. The van der Waals surface area contributed by atoms with Gasteiger partial charge in [-0.2, -0.15) is 0 Å². The van der Waals surface area contributed by atoms with Crippen LogP contribution in [0.2, 0.25) is 0 Å². The predicted octanol–water partition coefficient (Wildman–Crippen LogP) is 3.38. The molecule has 0 atom stereocenters. The lowest BCUT2D eigenvalue weighted by molar-refractivity contribution is -0.128. The number of hydrogen-bond acceptors (Lipinski definition) is 3. The highest BCUT2D eigenvalue weighted by atomic mass is 16.2. The molecule has 7 nitrogen and oxygen atoms in total. The Balaban J connectivity index is 1.23. The van der Waals surface area contributed by atoms with Gasteiger partial charge in [0.25, 0.3) is 0 Å². The molecule has 7 heteroatoms. The Hall–Kier alpha value is -3.61. The van der Waals surface area contributed by atoms with Crippen LogP contribution in [0.1, 0.15) is 29.5 Å². The van der Waals surface area contributed by atoms with Gasteiger partial charge in [-0.3, -0.25) is 4.79 Å². The fourth-order valence-electron chi connectivity index (χ4n) is 3.50. The molecule has 0 unspecified atom stereocenters. The fraction of sp³-hybridized carbons (Fsp3) is 0.261. The van der Waals surface area contributed by atoms with Crippen molar-refractivity contribution >= 4 is 17.6 Å².